The van der Waals surface area contributed by atoms with Gasteiger partial charge in [-0.15, -0.1) is 10.2 Å². The van der Waals surface area contributed by atoms with Crippen LogP contribution < -0.4 is 5.73 Å². The summed E-state index contributed by atoms with van der Waals surface area (Å²) in [6.45, 7) is 4.46. The van der Waals surface area contributed by atoms with Crippen LogP contribution in [0, 0.1) is 13.8 Å². The van der Waals surface area contributed by atoms with Crippen LogP contribution in [0.4, 0.5) is 0 Å². The molecular formula is C12H15N3OS. The molecule has 1 heterocycles. The van der Waals surface area contributed by atoms with Crippen LogP contribution in [0.1, 0.15) is 22.6 Å². The number of nitrogens with zero attached hydrogens (tertiary/aromatic N) is 2. The van der Waals surface area contributed by atoms with Gasteiger partial charge in [-0.2, -0.15) is 0 Å². The van der Waals surface area contributed by atoms with Gasteiger partial charge in [0.25, 0.3) is 5.22 Å². The fourth-order valence-electron chi connectivity index (χ4n) is 1.52. The molecule has 0 bridgehead atoms. The van der Waals surface area contributed by atoms with Crippen LogP contribution in [0.2, 0.25) is 0 Å². The standard InChI is InChI=1S/C12H15N3OS/c1-8-5-10(6-13)3-4-11(8)7-17-12-15-14-9(2)16-12/h3-5H,6-7,13H2,1-2H3. The summed E-state index contributed by atoms with van der Waals surface area (Å²) in [5.74, 6) is 1.43. The summed E-state index contributed by atoms with van der Waals surface area (Å²) < 4.78 is 5.31. The van der Waals surface area contributed by atoms with E-state index in [9.17, 15) is 0 Å². The lowest BCUT2D eigenvalue weighted by molar-refractivity contribution is 0.429. The second-order valence-electron chi connectivity index (χ2n) is 3.84. The van der Waals surface area contributed by atoms with Gasteiger partial charge in [0, 0.05) is 19.2 Å². The van der Waals surface area contributed by atoms with Gasteiger partial charge in [0.15, 0.2) is 0 Å². The molecule has 2 rings (SSSR count). The lowest BCUT2D eigenvalue weighted by Crippen LogP contribution is -1.97. The van der Waals surface area contributed by atoms with Gasteiger partial charge >= 0.3 is 0 Å². The third-order valence-corrected chi connectivity index (χ3v) is 3.37. The molecule has 17 heavy (non-hydrogen) atoms. The Labute approximate surface area is 105 Å². The fraction of sp³-hybridized carbons (Fsp3) is 0.333. The van der Waals surface area contributed by atoms with Crippen molar-refractivity contribution in [2.24, 2.45) is 5.73 Å². The molecule has 0 radical (unpaired) electrons. The van der Waals surface area contributed by atoms with E-state index in [0.29, 0.717) is 17.7 Å². The normalized spacial score (nSPS) is 10.8. The van der Waals surface area contributed by atoms with Crippen LogP contribution >= 0.6 is 11.8 Å². The smallest absolute Gasteiger partial charge is 0.276 e. The minimum Gasteiger partial charge on any atom is -0.416 e. The maximum Gasteiger partial charge on any atom is 0.276 e. The van der Waals surface area contributed by atoms with Crippen LogP contribution in [-0.4, -0.2) is 10.2 Å². The maximum absolute atomic E-state index is 5.60. The first-order valence-electron chi connectivity index (χ1n) is 5.40. The number of thioether (sulfide) groups is 1. The van der Waals surface area contributed by atoms with Gasteiger partial charge in [-0.05, 0) is 23.6 Å². The van der Waals surface area contributed by atoms with Crippen LogP contribution in [0.15, 0.2) is 27.8 Å². The third kappa shape index (κ3) is 3.08. The van der Waals surface area contributed by atoms with Crippen LogP contribution in [-0.2, 0) is 12.3 Å². The van der Waals surface area contributed by atoms with Crippen molar-refractivity contribution >= 4 is 11.8 Å². The molecule has 2 aromatic rings. The molecule has 0 aliphatic rings. The Morgan fingerprint density at radius 3 is 2.71 bits per heavy atom. The zero-order chi connectivity index (χ0) is 12.3. The first-order chi connectivity index (χ1) is 8.19. The Hall–Kier alpha value is -1.33. The third-order valence-electron chi connectivity index (χ3n) is 2.50. The molecule has 0 fully saturated rings. The highest BCUT2D eigenvalue weighted by Gasteiger charge is 2.05. The summed E-state index contributed by atoms with van der Waals surface area (Å²) in [6.07, 6.45) is 0. The Bertz CT molecular complexity index is 510. The highest BCUT2D eigenvalue weighted by atomic mass is 32.2. The molecule has 1 aromatic carbocycles. The number of aromatic nitrogens is 2. The quantitative estimate of drug-likeness (QED) is 0.843. The first-order valence-corrected chi connectivity index (χ1v) is 6.39. The summed E-state index contributed by atoms with van der Waals surface area (Å²) in [5.41, 5.74) is 9.27. The summed E-state index contributed by atoms with van der Waals surface area (Å²) >= 11 is 1.55. The van der Waals surface area contributed by atoms with Gasteiger partial charge in [0.2, 0.25) is 5.89 Å². The molecule has 0 amide bonds. The summed E-state index contributed by atoms with van der Waals surface area (Å²) in [7, 11) is 0. The topological polar surface area (TPSA) is 64.9 Å². The molecule has 0 aliphatic heterocycles. The van der Waals surface area contributed by atoms with Crippen molar-refractivity contribution in [1.82, 2.24) is 10.2 Å². The Balaban J connectivity index is 2.04. The van der Waals surface area contributed by atoms with Crippen molar-refractivity contribution in [2.75, 3.05) is 0 Å². The predicted molar refractivity (Wildman–Crippen MR) is 67.7 cm³/mol. The number of aryl methyl sites for hydroxylation is 2. The van der Waals surface area contributed by atoms with Gasteiger partial charge in [-0.1, -0.05) is 30.0 Å². The predicted octanol–water partition coefficient (Wildman–Crippen LogP) is 2.44. The van der Waals surface area contributed by atoms with E-state index in [2.05, 4.69) is 35.3 Å². The molecule has 0 aliphatic carbocycles. The molecule has 90 valence electrons. The van der Waals surface area contributed by atoms with Crippen LogP contribution in [0.5, 0.6) is 0 Å². The van der Waals surface area contributed by atoms with E-state index in [0.717, 1.165) is 11.3 Å². The highest BCUT2D eigenvalue weighted by Crippen LogP contribution is 2.23. The second kappa shape index (κ2) is 5.33. The molecule has 0 spiro atoms. The van der Waals surface area contributed by atoms with E-state index in [-0.39, 0.29) is 0 Å². The van der Waals surface area contributed by atoms with Crippen LogP contribution in [0.25, 0.3) is 0 Å². The first kappa shape index (κ1) is 12.1. The van der Waals surface area contributed by atoms with Gasteiger partial charge in [-0.25, -0.2) is 0 Å². The molecule has 4 nitrogen and oxygen atoms in total. The molecular weight excluding hydrogens is 234 g/mol. The van der Waals surface area contributed by atoms with E-state index >= 15 is 0 Å². The maximum atomic E-state index is 5.60. The van der Waals surface area contributed by atoms with Crippen molar-refractivity contribution in [3.8, 4) is 0 Å². The van der Waals surface area contributed by atoms with E-state index in [4.69, 9.17) is 10.2 Å². The van der Waals surface area contributed by atoms with Crippen LogP contribution in [0.3, 0.4) is 0 Å². The van der Waals surface area contributed by atoms with Crippen molar-refractivity contribution in [1.29, 1.82) is 0 Å². The minimum absolute atomic E-state index is 0.580. The van der Waals surface area contributed by atoms with Gasteiger partial charge in [0.1, 0.15) is 0 Å². The molecule has 1 aromatic heterocycles. The van der Waals surface area contributed by atoms with Gasteiger partial charge in [0.05, 0.1) is 0 Å². The number of rotatable bonds is 4. The Kier molecular flexibility index (Phi) is 3.81. The summed E-state index contributed by atoms with van der Waals surface area (Å²) in [4.78, 5) is 0. The molecule has 0 saturated carbocycles. The Morgan fingerprint density at radius 2 is 2.12 bits per heavy atom. The van der Waals surface area contributed by atoms with E-state index < -0.39 is 0 Å². The highest BCUT2D eigenvalue weighted by molar-refractivity contribution is 7.98. The fourth-order valence-corrected chi connectivity index (χ4v) is 2.40. The monoisotopic (exact) mass is 249 g/mol. The van der Waals surface area contributed by atoms with Gasteiger partial charge in [-0.3, -0.25) is 0 Å². The van der Waals surface area contributed by atoms with Crippen molar-refractivity contribution in [2.45, 2.75) is 31.4 Å². The Morgan fingerprint density at radius 1 is 1.29 bits per heavy atom. The summed E-state index contributed by atoms with van der Waals surface area (Å²) in [5, 5.41) is 8.36. The van der Waals surface area contributed by atoms with Crippen molar-refractivity contribution < 1.29 is 4.42 Å². The zero-order valence-electron chi connectivity index (χ0n) is 9.93. The minimum atomic E-state index is 0.580. The van der Waals surface area contributed by atoms with Crippen molar-refractivity contribution in [3.63, 3.8) is 0 Å². The molecule has 2 N–H and O–H groups in total. The van der Waals surface area contributed by atoms with Crippen molar-refractivity contribution in [3.05, 3.63) is 40.8 Å². The number of hydrogen-bond donors (Lipinski definition) is 1. The van der Waals surface area contributed by atoms with Gasteiger partial charge < -0.3 is 10.2 Å². The molecule has 0 unspecified atom stereocenters. The lowest BCUT2D eigenvalue weighted by atomic mass is 10.1. The summed E-state index contributed by atoms with van der Waals surface area (Å²) in [6, 6.07) is 6.28. The number of benzene rings is 1. The van der Waals surface area contributed by atoms with E-state index in [1.165, 1.54) is 11.1 Å². The van der Waals surface area contributed by atoms with E-state index in [1.54, 1.807) is 18.7 Å². The zero-order valence-corrected chi connectivity index (χ0v) is 10.8. The largest absolute Gasteiger partial charge is 0.416 e. The molecule has 0 saturated heterocycles. The molecule has 5 heteroatoms. The average Bonchev–Trinajstić information content (AvgIpc) is 2.73. The lowest BCUT2D eigenvalue weighted by Gasteiger charge is -2.05. The molecule has 0 atom stereocenters. The number of hydrogen-bond acceptors (Lipinski definition) is 5. The second-order valence-corrected chi connectivity index (χ2v) is 4.77. The van der Waals surface area contributed by atoms with E-state index in [1.807, 2.05) is 0 Å². The number of nitrogens with two attached hydrogens (primary N) is 1. The average molecular weight is 249 g/mol. The SMILES string of the molecule is Cc1nnc(SCc2ccc(CN)cc2C)o1.